The molecule has 2 amide bonds. The number of nitrogens with zero attached hydrogens (tertiary/aromatic N) is 2. The second-order valence-electron chi connectivity index (χ2n) is 8.99. The fourth-order valence-electron chi connectivity index (χ4n) is 4.54. The van der Waals surface area contributed by atoms with Crippen molar-refractivity contribution in [3.8, 4) is 5.69 Å². The van der Waals surface area contributed by atoms with Crippen LogP contribution < -0.4 is 16.2 Å². The van der Waals surface area contributed by atoms with Crippen LogP contribution in [0.1, 0.15) is 13.8 Å². The summed E-state index contributed by atoms with van der Waals surface area (Å²) in [5, 5.41) is 6.29. The number of carbonyl (C=O) groups excluding carboxylic acids is 2. The molecule has 1 heterocycles. The van der Waals surface area contributed by atoms with Gasteiger partial charge in [0.1, 0.15) is 12.5 Å². The summed E-state index contributed by atoms with van der Waals surface area (Å²) in [6.07, 6.45) is 1.57. The van der Waals surface area contributed by atoms with E-state index in [0.717, 1.165) is 0 Å². The van der Waals surface area contributed by atoms with Gasteiger partial charge in [0, 0.05) is 48.0 Å². The van der Waals surface area contributed by atoms with E-state index >= 15 is 0 Å². The minimum atomic E-state index is -0.539. The van der Waals surface area contributed by atoms with Gasteiger partial charge in [0.15, 0.2) is 0 Å². The van der Waals surface area contributed by atoms with Crippen molar-refractivity contribution >= 4 is 34.8 Å². The maximum absolute atomic E-state index is 14.7. The van der Waals surface area contributed by atoms with Crippen molar-refractivity contribution in [2.75, 3.05) is 37.1 Å². The van der Waals surface area contributed by atoms with Crippen LogP contribution in [0.4, 0.5) is 15.8 Å². The molecule has 1 aromatic heterocycles. The van der Waals surface area contributed by atoms with Crippen molar-refractivity contribution < 1.29 is 18.7 Å². The smallest absolute Gasteiger partial charge is 0.255 e. The minimum absolute atomic E-state index is 0.0181. The van der Waals surface area contributed by atoms with E-state index in [1.54, 1.807) is 53.6 Å². The Balaban J connectivity index is 1.36. The van der Waals surface area contributed by atoms with E-state index < -0.39 is 17.7 Å². The highest BCUT2D eigenvalue weighted by atomic mass is 35.5. The van der Waals surface area contributed by atoms with E-state index in [0.29, 0.717) is 29.5 Å². The summed E-state index contributed by atoms with van der Waals surface area (Å²) in [6.45, 7) is 5.04. The van der Waals surface area contributed by atoms with E-state index in [1.165, 1.54) is 22.8 Å². The molecule has 4 rings (SSSR count). The average Bonchev–Trinajstić information content (AvgIpc) is 3.64. The summed E-state index contributed by atoms with van der Waals surface area (Å²) in [6, 6.07) is 15.9. The van der Waals surface area contributed by atoms with Crippen molar-refractivity contribution in [3.63, 3.8) is 0 Å². The molecule has 1 aliphatic rings. The van der Waals surface area contributed by atoms with Crippen LogP contribution in [-0.4, -0.2) is 47.7 Å². The molecule has 0 radical (unpaired) electrons. The lowest BCUT2D eigenvalue weighted by Gasteiger charge is -2.18. The Morgan fingerprint density at radius 3 is 2.45 bits per heavy atom. The van der Waals surface area contributed by atoms with Crippen LogP contribution in [0.3, 0.4) is 0 Å². The lowest BCUT2D eigenvalue weighted by molar-refractivity contribution is -0.134. The minimum Gasteiger partial charge on any atom is -0.361 e. The quantitative estimate of drug-likeness (QED) is 0.278. The first-order valence-electron chi connectivity index (χ1n) is 12.5. The molecule has 2 N–H and O–H groups in total. The summed E-state index contributed by atoms with van der Waals surface area (Å²) >= 11 is 5.92. The number of pyridine rings is 1. The fraction of sp³-hybridized carbons (Fsp3) is 0.321. The zero-order chi connectivity index (χ0) is 27.2. The van der Waals surface area contributed by atoms with Crippen molar-refractivity contribution in [1.82, 2.24) is 9.47 Å². The summed E-state index contributed by atoms with van der Waals surface area (Å²) in [7, 11) is 0. The van der Waals surface area contributed by atoms with Gasteiger partial charge in [-0.15, -0.1) is 0 Å². The summed E-state index contributed by atoms with van der Waals surface area (Å²) in [4.78, 5) is 39.7. The Labute approximate surface area is 225 Å². The van der Waals surface area contributed by atoms with Gasteiger partial charge < -0.3 is 20.3 Å². The van der Waals surface area contributed by atoms with Crippen molar-refractivity contribution in [1.29, 1.82) is 0 Å². The van der Waals surface area contributed by atoms with Crippen molar-refractivity contribution in [2.45, 2.75) is 13.8 Å². The SMILES string of the molecule is CCN(CC)C(=O)[C@@H]1[C@@H](COCNc2ccc(-n3ccccc3=O)cc2F)[C@H]1C(=O)Nc1ccc(Cl)cc1. The second kappa shape index (κ2) is 12.2. The molecule has 0 unspecified atom stereocenters. The summed E-state index contributed by atoms with van der Waals surface area (Å²) in [5.41, 5.74) is 0.952. The maximum Gasteiger partial charge on any atom is 0.255 e. The van der Waals surface area contributed by atoms with Crippen LogP contribution in [0.25, 0.3) is 5.69 Å². The predicted octanol–water partition coefficient (Wildman–Crippen LogP) is 4.39. The zero-order valence-electron chi connectivity index (χ0n) is 21.2. The predicted molar refractivity (Wildman–Crippen MR) is 145 cm³/mol. The second-order valence-corrected chi connectivity index (χ2v) is 9.42. The fourth-order valence-corrected chi connectivity index (χ4v) is 4.67. The molecule has 0 aliphatic heterocycles. The third-order valence-corrected chi connectivity index (χ3v) is 6.92. The third kappa shape index (κ3) is 6.23. The van der Waals surface area contributed by atoms with E-state index in [9.17, 15) is 18.8 Å². The first-order chi connectivity index (χ1) is 18.3. The van der Waals surface area contributed by atoms with Crippen LogP contribution in [0, 0.1) is 23.6 Å². The number of benzene rings is 2. The molecule has 200 valence electrons. The van der Waals surface area contributed by atoms with Crippen LogP contribution >= 0.6 is 11.6 Å². The topological polar surface area (TPSA) is 92.7 Å². The first-order valence-corrected chi connectivity index (χ1v) is 12.9. The number of carbonyl (C=O) groups is 2. The Kier molecular flexibility index (Phi) is 8.81. The highest BCUT2D eigenvalue weighted by molar-refractivity contribution is 6.30. The lowest BCUT2D eigenvalue weighted by Crippen LogP contribution is -2.33. The van der Waals surface area contributed by atoms with Gasteiger partial charge in [-0.2, -0.15) is 0 Å². The molecule has 0 spiro atoms. The molecule has 3 aromatic rings. The number of amides is 2. The molecule has 8 nitrogen and oxygen atoms in total. The molecule has 3 atom stereocenters. The Morgan fingerprint density at radius 2 is 1.79 bits per heavy atom. The largest absolute Gasteiger partial charge is 0.361 e. The Morgan fingerprint density at radius 1 is 1.05 bits per heavy atom. The van der Waals surface area contributed by atoms with Gasteiger partial charge in [0.05, 0.1) is 29.8 Å². The van der Waals surface area contributed by atoms with Gasteiger partial charge in [-0.3, -0.25) is 19.0 Å². The van der Waals surface area contributed by atoms with Gasteiger partial charge >= 0.3 is 0 Å². The first kappa shape index (κ1) is 27.3. The standard InChI is InChI=1S/C28H30ClFN4O4/c1-3-33(4-2)28(37)26-21(25(26)27(36)32-19-10-8-18(29)9-11-19)16-38-17-31-23-13-12-20(15-22(23)30)34-14-6-5-7-24(34)35/h5-15,21,25-26,31H,3-4,16-17H2,1-2H3,(H,32,36)/t21-,25+,26+/m0/s1. The van der Waals surface area contributed by atoms with Crippen LogP contribution in [0.5, 0.6) is 0 Å². The van der Waals surface area contributed by atoms with Crippen molar-refractivity contribution in [2.24, 2.45) is 17.8 Å². The molecule has 10 heteroatoms. The van der Waals surface area contributed by atoms with Crippen LogP contribution in [0.2, 0.25) is 5.02 Å². The lowest BCUT2D eigenvalue weighted by atomic mass is 10.2. The molecular weight excluding hydrogens is 511 g/mol. The molecule has 1 saturated carbocycles. The molecule has 1 aliphatic carbocycles. The zero-order valence-corrected chi connectivity index (χ0v) is 22.0. The number of nitrogens with one attached hydrogen (secondary N) is 2. The van der Waals surface area contributed by atoms with E-state index in [4.69, 9.17) is 16.3 Å². The van der Waals surface area contributed by atoms with Gasteiger partial charge in [-0.25, -0.2) is 4.39 Å². The number of ether oxygens (including phenoxy) is 1. The highest BCUT2D eigenvalue weighted by Gasteiger charge is 2.59. The number of hydrogen-bond donors (Lipinski definition) is 2. The number of rotatable bonds is 11. The molecular formula is C28H30ClFN4O4. The third-order valence-electron chi connectivity index (χ3n) is 6.67. The normalized spacial score (nSPS) is 18.1. The van der Waals surface area contributed by atoms with Crippen LogP contribution in [-0.2, 0) is 14.3 Å². The average molecular weight is 541 g/mol. The van der Waals surface area contributed by atoms with E-state index in [-0.39, 0.29) is 42.3 Å². The van der Waals surface area contributed by atoms with Crippen LogP contribution in [0.15, 0.2) is 71.7 Å². The van der Waals surface area contributed by atoms with Gasteiger partial charge in [-0.05, 0) is 56.3 Å². The number of anilines is 2. The maximum atomic E-state index is 14.7. The molecule has 0 bridgehead atoms. The Hall–Kier alpha value is -3.69. The van der Waals surface area contributed by atoms with Gasteiger partial charge in [0.25, 0.3) is 5.56 Å². The van der Waals surface area contributed by atoms with Gasteiger partial charge in [-0.1, -0.05) is 17.7 Å². The molecule has 1 fully saturated rings. The number of halogens is 2. The molecule has 38 heavy (non-hydrogen) atoms. The monoisotopic (exact) mass is 540 g/mol. The van der Waals surface area contributed by atoms with E-state index in [2.05, 4.69) is 10.6 Å². The number of aromatic nitrogens is 1. The number of hydrogen-bond acceptors (Lipinski definition) is 5. The van der Waals surface area contributed by atoms with Gasteiger partial charge in [0.2, 0.25) is 11.8 Å². The summed E-state index contributed by atoms with van der Waals surface area (Å²) in [5.74, 6) is -2.18. The Bertz CT molecular complexity index is 1340. The molecule has 2 aromatic carbocycles. The summed E-state index contributed by atoms with van der Waals surface area (Å²) < 4.78 is 21.7. The highest BCUT2D eigenvalue weighted by Crippen LogP contribution is 2.48. The molecule has 0 saturated heterocycles. The van der Waals surface area contributed by atoms with Crippen molar-refractivity contribution in [3.05, 3.63) is 88.1 Å². The van der Waals surface area contributed by atoms with E-state index in [1.807, 2.05) is 13.8 Å².